The topological polar surface area (TPSA) is 0 Å². The van der Waals surface area contributed by atoms with Gasteiger partial charge in [-0.3, -0.25) is 0 Å². The highest BCUT2D eigenvalue weighted by molar-refractivity contribution is 8.48. The van der Waals surface area contributed by atoms with Crippen molar-refractivity contribution < 1.29 is 0 Å². The second-order valence-corrected chi connectivity index (χ2v) is 45.8. The predicted octanol–water partition coefficient (Wildman–Crippen LogP) is 29.5. The summed E-state index contributed by atoms with van der Waals surface area (Å²) in [5.41, 5.74) is 13.5. The van der Waals surface area contributed by atoms with Crippen LogP contribution in [0.3, 0.4) is 0 Å². The van der Waals surface area contributed by atoms with Gasteiger partial charge in [0.15, 0.2) is 0 Å². The molecule has 0 radical (unpaired) electrons. The molecule has 8 aromatic carbocycles. The van der Waals surface area contributed by atoms with Crippen LogP contribution in [0.1, 0.15) is 0 Å². The SMILES string of the molecule is C(C=C1C(=C2Sc3ccccc3S2)C(=C2Sc3ccccc3S2)C(=C2Sc3ccccc3S2)C1=C1Sc2ccccc2S1)=C1SC2=C(S1)SC(=CC=C1C(=C3Sc4ccccc4S3)C(=C3Sc4ccccc4S3)C(=C3Sc4ccccc4S3)C1=C1Sc3ccccc3S1)S2. The maximum atomic E-state index is 2.52. The van der Waals surface area contributed by atoms with Crippen LogP contribution in [0.5, 0.6) is 0 Å². The third-order valence-corrected chi connectivity index (χ3v) is 41.9. The highest BCUT2D eigenvalue weighted by Gasteiger charge is 2.46. The van der Waals surface area contributed by atoms with E-state index in [1.807, 2.05) is 235 Å². The Morgan fingerprint density at radius 3 is 0.426 bits per heavy atom. The van der Waals surface area contributed by atoms with Crippen LogP contribution in [0.15, 0.2) is 403 Å². The van der Waals surface area contributed by atoms with Gasteiger partial charge < -0.3 is 0 Å². The molecule has 10 heterocycles. The number of fused-ring (bicyclic) bond motifs is 8. The Morgan fingerprint density at radius 1 is 0.138 bits per heavy atom. The number of benzene rings is 8. The smallest absolute Gasteiger partial charge is 0.0716 e. The highest BCUT2D eigenvalue weighted by Crippen LogP contribution is 2.73. The summed E-state index contributed by atoms with van der Waals surface area (Å²) >= 11 is 39.0. The molecule has 0 unspecified atom stereocenters. The first-order chi connectivity index (χ1) is 46.5. The fourth-order valence-electron chi connectivity index (χ4n) is 11.9. The van der Waals surface area contributed by atoms with Crippen LogP contribution in [0.2, 0.25) is 0 Å². The van der Waals surface area contributed by atoms with E-state index in [0.717, 1.165) is 0 Å². The molecule has 2 aliphatic carbocycles. The molecule has 20 heteroatoms. The van der Waals surface area contributed by atoms with Gasteiger partial charge in [-0.15, -0.1) is 0 Å². The van der Waals surface area contributed by atoms with Crippen LogP contribution in [0.25, 0.3) is 0 Å². The van der Waals surface area contributed by atoms with E-state index in [-0.39, 0.29) is 0 Å². The molecule has 0 nitrogen and oxygen atoms in total. The van der Waals surface area contributed by atoms with Crippen molar-refractivity contribution in [3.8, 4) is 0 Å². The largest absolute Gasteiger partial charge is 0.0809 e. The lowest BCUT2D eigenvalue weighted by Crippen LogP contribution is -1.90. The molecule has 10 aliphatic heterocycles. The van der Waals surface area contributed by atoms with Gasteiger partial charge in [0.25, 0.3) is 0 Å². The lowest BCUT2D eigenvalue weighted by Gasteiger charge is -2.12. The predicted molar refractivity (Wildman–Crippen MR) is 431 cm³/mol. The highest BCUT2D eigenvalue weighted by atomic mass is 32.3. The van der Waals surface area contributed by atoms with Crippen LogP contribution < -0.4 is 0 Å². The van der Waals surface area contributed by atoms with Gasteiger partial charge in [0.2, 0.25) is 0 Å². The first-order valence-corrected chi connectivity index (χ1v) is 45.7. The molecule has 0 amide bonds. The summed E-state index contributed by atoms with van der Waals surface area (Å²) in [7, 11) is 0. The molecule has 452 valence electrons. The molecule has 0 bridgehead atoms. The maximum Gasteiger partial charge on any atom is 0.0716 e. The first-order valence-electron chi connectivity index (χ1n) is 29.4. The lowest BCUT2D eigenvalue weighted by atomic mass is 10.1. The molecule has 0 aromatic heterocycles. The van der Waals surface area contributed by atoms with Crippen molar-refractivity contribution in [3.63, 3.8) is 0 Å². The van der Waals surface area contributed by atoms with Crippen molar-refractivity contribution in [2.45, 2.75) is 78.3 Å². The van der Waals surface area contributed by atoms with E-state index >= 15 is 0 Å². The van der Waals surface area contributed by atoms with Gasteiger partial charge in [-0.1, -0.05) is 344 Å². The average molecular weight is 1570 g/mol. The van der Waals surface area contributed by atoms with Crippen molar-refractivity contribution in [3.05, 3.63) is 325 Å². The summed E-state index contributed by atoms with van der Waals surface area (Å²) in [5.74, 6) is 0. The Morgan fingerprint density at radius 2 is 0.277 bits per heavy atom. The molecule has 0 spiro atoms. The Balaban J connectivity index is 0.713. The van der Waals surface area contributed by atoms with Crippen molar-refractivity contribution in [1.82, 2.24) is 0 Å². The van der Waals surface area contributed by atoms with Crippen molar-refractivity contribution in [2.24, 2.45) is 0 Å². The molecule has 12 aliphatic rings. The van der Waals surface area contributed by atoms with Gasteiger partial charge in [0.1, 0.15) is 0 Å². The van der Waals surface area contributed by atoms with Crippen LogP contribution in [-0.4, -0.2) is 0 Å². The molecule has 2 saturated carbocycles. The molecule has 94 heavy (non-hydrogen) atoms. The summed E-state index contributed by atoms with van der Waals surface area (Å²) in [6.07, 6.45) is 9.97. The van der Waals surface area contributed by atoms with Gasteiger partial charge in [0.05, 0.1) is 50.8 Å². The summed E-state index contributed by atoms with van der Waals surface area (Å²) < 4.78 is 16.2. The summed E-state index contributed by atoms with van der Waals surface area (Å²) in [6.45, 7) is 0. The van der Waals surface area contributed by atoms with Gasteiger partial charge in [-0.05, 0) is 120 Å². The summed E-state index contributed by atoms with van der Waals surface area (Å²) in [5, 5.41) is 0. The third-order valence-electron chi connectivity index (χ3n) is 16.0. The monoisotopic (exact) mass is 1560 g/mol. The number of rotatable bonds is 2. The summed E-state index contributed by atoms with van der Waals surface area (Å²) in [4.78, 5) is 21.3. The van der Waals surface area contributed by atoms with Gasteiger partial charge in [-0.25, -0.2) is 0 Å². The standard InChI is InChI=1S/C74H36S20/c1-2-18-40-39(17-1)75-65(76-40)57-37(58(66-77-41-19-3-4-20-42(41)78-66)62(70-85-49-27-11-12-28-50(49)86-70)61(57)69-83-47-25-9-10-26-48(47)84-69)33-35-55-91-73-74(92-55)94-56(93-73)36-34-38-59(67-79-43-21-5-6-22-44(43)80-67)63(71-87-51-29-13-14-30-52(51)88-71)64(72-89-53-31-15-16-32-54(53)90-72)60(38)68-81-45-23-7-8-24-46(45)82-68/h1-36H. The second kappa shape index (κ2) is 25.8. The Bertz CT molecular complexity index is 4420. The minimum Gasteiger partial charge on any atom is -0.0809 e. The fraction of sp³-hybridized carbons (Fsp3) is 0. The van der Waals surface area contributed by atoms with E-state index in [1.165, 1.54) is 185 Å². The molecule has 8 aromatic rings. The zero-order valence-corrected chi connectivity index (χ0v) is 64.3. The molecule has 0 N–H and O–H groups in total. The number of hydrogen-bond acceptors (Lipinski definition) is 20. The number of thioether (sulfide) groups is 20. The van der Waals surface area contributed by atoms with Crippen molar-refractivity contribution in [1.29, 1.82) is 0 Å². The van der Waals surface area contributed by atoms with Crippen LogP contribution in [0, 0.1) is 0 Å². The average Bonchev–Trinajstić information content (AvgIpc) is 1.57. The normalized spacial score (nSPS) is 19.7. The van der Waals surface area contributed by atoms with Gasteiger partial charge in [0, 0.05) is 123 Å². The molecular weight excluding hydrogens is 1530 g/mol. The van der Waals surface area contributed by atoms with E-state index < -0.39 is 0 Å². The Labute approximate surface area is 630 Å². The van der Waals surface area contributed by atoms with Crippen molar-refractivity contribution >= 4 is 235 Å². The second-order valence-electron chi connectivity index (χ2n) is 21.6. The van der Waals surface area contributed by atoms with E-state index in [9.17, 15) is 0 Å². The van der Waals surface area contributed by atoms with Crippen molar-refractivity contribution in [2.75, 3.05) is 0 Å². The van der Waals surface area contributed by atoms with E-state index in [4.69, 9.17) is 0 Å². The molecule has 0 saturated heterocycles. The minimum atomic E-state index is 1.31. The molecule has 2 fully saturated rings. The van der Waals surface area contributed by atoms with Crippen LogP contribution >= 0.6 is 235 Å². The van der Waals surface area contributed by atoms with Crippen LogP contribution in [-0.2, 0) is 0 Å². The Kier molecular flexibility index (Phi) is 16.8. The van der Waals surface area contributed by atoms with Gasteiger partial charge >= 0.3 is 0 Å². The molecule has 20 rings (SSSR count). The van der Waals surface area contributed by atoms with E-state index in [0.29, 0.717) is 0 Å². The van der Waals surface area contributed by atoms with E-state index in [1.54, 1.807) is 0 Å². The van der Waals surface area contributed by atoms with E-state index in [2.05, 4.69) is 218 Å². The molecule has 0 atom stereocenters. The number of hydrogen-bond donors (Lipinski definition) is 0. The zero-order chi connectivity index (χ0) is 61.5. The van der Waals surface area contributed by atoms with Gasteiger partial charge in [-0.2, -0.15) is 0 Å². The first kappa shape index (κ1) is 61.3. The third kappa shape index (κ3) is 11.0. The number of allylic oxidation sites excluding steroid dienone is 14. The maximum absolute atomic E-state index is 2.52. The summed E-state index contributed by atoms with van der Waals surface area (Å²) in [6, 6.07) is 72.0. The van der Waals surface area contributed by atoms with Crippen LogP contribution in [0.4, 0.5) is 0 Å². The lowest BCUT2D eigenvalue weighted by molar-refractivity contribution is 1.27. The quantitative estimate of drug-likeness (QED) is 0.161. The zero-order valence-electron chi connectivity index (χ0n) is 47.9. The molecular formula is C74H36S20. The Hall–Kier alpha value is -2.62. The minimum absolute atomic E-state index is 1.31. The fourth-order valence-corrected chi connectivity index (χ4v) is 38.7.